The minimum absolute atomic E-state index is 0.152. The van der Waals surface area contributed by atoms with Gasteiger partial charge in [-0.05, 0) is 28.1 Å². The molecule has 2 aromatic rings. The zero-order valence-corrected chi connectivity index (χ0v) is 11.9. The fraction of sp³-hybridized carbons (Fsp3) is 0.0909. The molecule has 106 valence electrons. The van der Waals surface area contributed by atoms with Gasteiger partial charge in [-0.15, -0.1) is 0 Å². The molecule has 2 rings (SSSR count). The van der Waals surface area contributed by atoms with Crippen LogP contribution < -0.4 is 5.32 Å². The Kier molecular flexibility index (Phi) is 4.09. The molecule has 0 saturated carbocycles. The van der Waals surface area contributed by atoms with Gasteiger partial charge in [-0.1, -0.05) is 17.4 Å². The van der Waals surface area contributed by atoms with Crippen molar-refractivity contribution in [2.75, 3.05) is 5.32 Å². The average Bonchev–Trinajstić information content (AvgIpc) is 2.73. The van der Waals surface area contributed by atoms with Gasteiger partial charge in [0, 0.05) is 0 Å². The van der Waals surface area contributed by atoms with E-state index in [4.69, 9.17) is 0 Å². The van der Waals surface area contributed by atoms with Gasteiger partial charge < -0.3 is 0 Å². The van der Waals surface area contributed by atoms with Crippen LogP contribution in [0.5, 0.6) is 0 Å². The number of anilines is 1. The van der Waals surface area contributed by atoms with E-state index in [0.717, 1.165) is 23.5 Å². The Bertz CT molecular complexity index is 656. The van der Waals surface area contributed by atoms with Gasteiger partial charge in [-0.2, -0.15) is 13.2 Å². The highest BCUT2D eigenvalue weighted by atomic mass is 79.9. The lowest BCUT2D eigenvalue weighted by atomic mass is 10.1. The Labute approximate surface area is 122 Å². The number of aromatic nitrogens is 1. The van der Waals surface area contributed by atoms with E-state index in [9.17, 15) is 22.4 Å². The van der Waals surface area contributed by atoms with Gasteiger partial charge in [0.2, 0.25) is 0 Å². The third kappa shape index (κ3) is 3.15. The van der Waals surface area contributed by atoms with Crippen molar-refractivity contribution in [3.8, 4) is 0 Å². The summed E-state index contributed by atoms with van der Waals surface area (Å²) in [7, 11) is 0. The van der Waals surface area contributed by atoms with Crippen LogP contribution in [0.2, 0.25) is 0 Å². The lowest BCUT2D eigenvalue weighted by Gasteiger charge is -2.10. The predicted molar refractivity (Wildman–Crippen MR) is 69.2 cm³/mol. The number of nitrogens with one attached hydrogen (secondary N) is 1. The van der Waals surface area contributed by atoms with E-state index in [1.165, 1.54) is 6.20 Å². The number of carbonyl (C=O) groups is 1. The maximum atomic E-state index is 13.7. The molecule has 3 nitrogen and oxygen atoms in total. The van der Waals surface area contributed by atoms with Crippen molar-refractivity contribution in [3.05, 3.63) is 45.1 Å². The lowest BCUT2D eigenvalue weighted by Crippen LogP contribution is -2.17. The quantitative estimate of drug-likeness (QED) is 0.802. The molecule has 9 heteroatoms. The summed E-state index contributed by atoms with van der Waals surface area (Å²) in [6, 6.07) is 2.52. The third-order valence-corrected chi connectivity index (χ3v) is 3.64. The maximum absolute atomic E-state index is 13.7. The summed E-state index contributed by atoms with van der Waals surface area (Å²) in [5.41, 5.74) is -2.17. The average molecular weight is 369 g/mol. The summed E-state index contributed by atoms with van der Waals surface area (Å²) in [6.07, 6.45) is -3.45. The second-order valence-electron chi connectivity index (χ2n) is 3.59. The topological polar surface area (TPSA) is 42.0 Å². The van der Waals surface area contributed by atoms with E-state index in [1.54, 1.807) is 0 Å². The van der Waals surface area contributed by atoms with E-state index in [0.29, 0.717) is 9.85 Å². The highest BCUT2D eigenvalue weighted by Crippen LogP contribution is 2.32. The molecule has 0 radical (unpaired) electrons. The summed E-state index contributed by atoms with van der Waals surface area (Å²) < 4.78 is 51.9. The Hall–Kier alpha value is -1.48. The first-order chi connectivity index (χ1) is 9.29. The van der Waals surface area contributed by atoms with Crippen molar-refractivity contribution in [2.24, 2.45) is 0 Å². The standard InChI is InChI=1S/C11H5BrF4N2OS/c12-7-4-17-10(20-7)18-9(19)5-2-1-3-6(8(5)13)11(14,15)16/h1-4H,(H,17,18,19). The molecular weight excluding hydrogens is 364 g/mol. The van der Waals surface area contributed by atoms with Gasteiger partial charge in [-0.3, -0.25) is 10.1 Å². The van der Waals surface area contributed by atoms with E-state index in [2.05, 4.69) is 26.2 Å². The van der Waals surface area contributed by atoms with E-state index < -0.39 is 29.0 Å². The summed E-state index contributed by atoms with van der Waals surface area (Å²) in [5.74, 6) is -2.59. The number of rotatable bonds is 2. The van der Waals surface area contributed by atoms with Crippen LogP contribution in [0.15, 0.2) is 28.2 Å². The van der Waals surface area contributed by atoms with Crippen molar-refractivity contribution in [2.45, 2.75) is 6.18 Å². The zero-order chi connectivity index (χ0) is 14.9. The van der Waals surface area contributed by atoms with Crippen LogP contribution in [0.25, 0.3) is 0 Å². The second kappa shape index (κ2) is 5.49. The first-order valence-electron chi connectivity index (χ1n) is 5.07. The van der Waals surface area contributed by atoms with Crippen molar-refractivity contribution >= 4 is 38.3 Å². The summed E-state index contributed by atoms with van der Waals surface area (Å²) in [6.45, 7) is 0. The zero-order valence-electron chi connectivity index (χ0n) is 9.46. The van der Waals surface area contributed by atoms with Crippen LogP contribution in [-0.4, -0.2) is 10.9 Å². The van der Waals surface area contributed by atoms with Crippen LogP contribution in [0.3, 0.4) is 0 Å². The number of hydrogen-bond donors (Lipinski definition) is 1. The number of carbonyl (C=O) groups excluding carboxylic acids is 1. The molecule has 0 saturated heterocycles. The highest BCUT2D eigenvalue weighted by Gasteiger charge is 2.35. The Morgan fingerprint density at radius 1 is 1.35 bits per heavy atom. The fourth-order valence-electron chi connectivity index (χ4n) is 1.40. The molecule has 0 atom stereocenters. The molecule has 20 heavy (non-hydrogen) atoms. The lowest BCUT2D eigenvalue weighted by molar-refractivity contribution is -0.140. The van der Waals surface area contributed by atoms with Crippen LogP contribution >= 0.6 is 27.3 Å². The highest BCUT2D eigenvalue weighted by molar-refractivity contribution is 9.11. The molecular formula is C11H5BrF4N2OS. The second-order valence-corrected chi connectivity index (χ2v) is 6.00. The smallest absolute Gasteiger partial charge is 0.298 e. The summed E-state index contributed by atoms with van der Waals surface area (Å²) in [4.78, 5) is 15.5. The van der Waals surface area contributed by atoms with Crippen LogP contribution in [0.4, 0.5) is 22.7 Å². The fourth-order valence-corrected chi connectivity index (χ4v) is 2.50. The van der Waals surface area contributed by atoms with Gasteiger partial charge in [0.1, 0.15) is 5.82 Å². The summed E-state index contributed by atoms with van der Waals surface area (Å²) in [5, 5.41) is 2.38. The molecule has 0 unspecified atom stereocenters. The third-order valence-electron chi connectivity index (χ3n) is 2.25. The molecule has 0 aliphatic heterocycles. The number of thiazole rings is 1. The molecule has 0 aliphatic rings. The van der Waals surface area contributed by atoms with Gasteiger partial charge in [0.05, 0.1) is 21.1 Å². The number of hydrogen-bond acceptors (Lipinski definition) is 3. The van der Waals surface area contributed by atoms with Crippen molar-refractivity contribution < 1.29 is 22.4 Å². The number of halogens is 5. The van der Waals surface area contributed by atoms with Crippen molar-refractivity contribution in [3.63, 3.8) is 0 Å². The number of nitrogens with zero attached hydrogens (tertiary/aromatic N) is 1. The number of alkyl halides is 3. The van der Waals surface area contributed by atoms with Gasteiger partial charge in [-0.25, -0.2) is 9.37 Å². The van der Waals surface area contributed by atoms with Crippen molar-refractivity contribution in [1.82, 2.24) is 4.98 Å². The van der Waals surface area contributed by atoms with Gasteiger partial charge >= 0.3 is 6.18 Å². The molecule has 1 heterocycles. The van der Waals surface area contributed by atoms with E-state index in [1.807, 2.05) is 0 Å². The predicted octanol–water partition coefficient (Wildman–Crippen LogP) is 4.32. The van der Waals surface area contributed by atoms with Crippen LogP contribution in [-0.2, 0) is 6.18 Å². The molecule has 1 aromatic heterocycles. The first-order valence-corrected chi connectivity index (χ1v) is 6.68. The minimum atomic E-state index is -4.86. The largest absolute Gasteiger partial charge is 0.419 e. The molecule has 0 fully saturated rings. The normalized spacial score (nSPS) is 11.4. The van der Waals surface area contributed by atoms with Gasteiger partial charge in [0.25, 0.3) is 5.91 Å². The van der Waals surface area contributed by atoms with Crippen LogP contribution in [0, 0.1) is 5.82 Å². The van der Waals surface area contributed by atoms with E-state index in [-0.39, 0.29) is 5.13 Å². The monoisotopic (exact) mass is 368 g/mol. The minimum Gasteiger partial charge on any atom is -0.298 e. The van der Waals surface area contributed by atoms with Crippen molar-refractivity contribution in [1.29, 1.82) is 0 Å². The molecule has 0 aliphatic carbocycles. The first kappa shape index (κ1) is 14.9. The Balaban J connectivity index is 2.31. The van der Waals surface area contributed by atoms with Crippen LogP contribution in [0.1, 0.15) is 15.9 Å². The number of amides is 1. The Morgan fingerprint density at radius 3 is 2.60 bits per heavy atom. The molecule has 1 amide bonds. The summed E-state index contributed by atoms with van der Waals surface area (Å²) >= 11 is 4.17. The molecule has 1 N–H and O–H groups in total. The number of benzene rings is 1. The Morgan fingerprint density at radius 2 is 2.05 bits per heavy atom. The molecule has 0 bridgehead atoms. The molecule has 0 spiro atoms. The maximum Gasteiger partial charge on any atom is 0.419 e. The molecule has 1 aromatic carbocycles. The van der Waals surface area contributed by atoms with Gasteiger partial charge in [0.15, 0.2) is 5.13 Å². The van der Waals surface area contributed by atoms with E-state index >= 15 is 0 Å². The SMILES string of the molecule is O=C(Nc1ncc(Br)s1)c1cccc(C(F)(F)F)c1F.